The van der Waals surface area contributed by atoms with Crippen LogP contribution in [0, 0.1) is 13.8 Å². The molecule has 0 bridgehead atoms. The molecule has 94 valence electrons. The molecule has 0 aromatic carbocycles. The molecule has 0 aliphatic carbocycles. The molecular formula is C9H8N4O4S. The van der Waals surface area contributed by atoms with Crippen molar-refractivity contribution in [2.45, 2.75) is 13.8 Å². The van der Waals surface area contributed by atoms with Gasteiger partial charge in [0.1, 0.15) is 10.6 Å². The van der Waals surface area contributed by atoms with Gasteiger partial charge < -0.3 is 14.9 Å². The van der Waals surface area contributed by atoms with Crippen LogP contribution in [0.4, 0.5) is 5.00 Å². The third kappa shape index (κ3) is 2.20. The van der Waals surface area contributed by atoms with E-state index in [1.165, 1.54) is 0 Å². The lowest BCUT2D eigenvalue weighted by molar-refractivity contribution is 0.0697. The summed E-state index contributed by atoms with van der Waals surface area (Å²) >= 11 is 0.885. The molecule has 2 aromatic rings. The van der Waals surface area contributed by atoms with Crippen LogP contribution in [-0.2, 0) is 0 Å². The number of aromatic nitrogens is 3. The number of hydrogen-bond donors (Lipinski definition) is 2. The molecule has 0 saturated carbocycles. The van der Waals surface area contributed by atoms with Crippen LogP contribution in [0.15, 0.2) is 4.52 Å². The maximum Gasteiger partial charge on any atom is 0.340 e. The Morgan fingerprint density at radius 3 is 2.67 bits per heavy atom. The Morgan fingerprint density at radius 1 is 1.39 bits per heavy atom. The molecule has 2 N–H and O–H groups in total. The third-order valence-electron chi connectivity index (χ3n) is 2.03. The van der Waals surface area contributed by atoms with E-state index < -0.39 is 11.9 Å². The molecule has 2 heterocycles. The molecule has 9 heteroatoms. The zero-order chi connectivity index (χ0) is 13.3. The zero-order valence-electron chi connectivity index (χ0n) is 9.42. The molecular weight excluding hydrogens is 260 g/mol. The standard InChI is InChI=1S/C9H8N4O4S/c1-3-5(9(15)16)8(18-13-3)11-7(14)6-10-4(2)17-12-6/h1-2H3,(H,11,14)(H,15,16). The predicted molar refractivity (Wildman–Crippen MR) is 60.8 cm³/mol. The van der Waals surface area contributed by atoms with Crippen molar-refractivity contribution in [2.24, 2.45) is 0 Å². The second-order valence-corrected chi connectivity index (χ2v) is 4.14. The van der Waals surface area contributed by atoms with E-state index in [1.807, 2.05) is 0 Å². The average Bonchev–Trinajstić information content (AvgIpc) is 2.85. The van der Waals surface area contributed by atoms with Crippen molar-refractivity contribution in [1.82, 2.24) is 14.5 Å². The number of carboxylic acids is 1. The number of nitrogens with one attached hydrogen (secondary N) is 1. The number of anilines is 1. The molecule has 2 rings (SSSR count). The highest BCUT2D eigenvalue weighted by molar-refractivity contribution is 7.11. The summed E-state index contributed by atoms with van der Waals surface area (Å²) < 4.78 is 8.53. The van der Waals surface area contributed by atoms with Gasteiger partial charge in [-0.2, -0.15) is 9.36 Å². The number of nitrogens with zero attached hydrogens (tertiary/aromatic N) is 3. The smallest absolute Gasteiger partial charge is 0.340 e. The Kier molecular flexibility index (Phi) is 3.06. The fourth-order valence-corrected chi connectivity index (χ4v) is 2.04. The highest BCUT2D eigenvalue weighted by Gasteiger charge is 2.21. The van der Waals surface area contributed by atoms with Gasteiger partial charge in [-0.05, 0) is 18.5 Å². The molecule has 0 atom stereocenters. The van der Waals surface area contributed by atoms with Crippen molar-refractivity contribution >= 4 is 28.4 Å². The lowest BCUT2D eigenvalue weighted by atomic mass is 10.2. The Labute approximate surface area is 105 Å². The average molecular weight is 268 g/mol. The van der Waals surface area contributed by atoms with Crippen molar-refractivity contribution in [3.05, 3.63) is 23.0 Å². The first kappa shape index (κ1) is 12.2. The lowest BCUT2D eigenvalue weighted by Crippen LogP contribution is -2.15. The number of amides is 1. The van der Waals surface area contributed by atoms with E-state index in [0.29, 0.717) is 5.69 Å². The fourth-order valence-electron chi connectivity index (χ4n) is 1.26. The number of carbonyl (C=O) groups excluding carboxylic acids is 1. The van der Waals surface area contributed by atoms with Gasteiger partial charge in [-0.15, -0.1) is 0 Å². The van der Waals surface area contributed by atoms with E-state index in [4.69, 9.17) is 5.11 Å². The number of carboxylic acid groups (broad SMARTS) is 1. The summed E-state index contributed by atoms with van der Waals surface area (Å²) in [6.07, 6.45) is 0. The SMILES string of the molecule is Cc1nc(C(=O)Nc2snc(C)c2C(=O)O)no1. The highest BCUT2D eigenvalue weighted by atomic mass is 32.1. The number of aryl methyl sites for hydroxylation is 2. The minimum atomic E-state index is -1.15. The van der Waals surface area contributed by atoms with Gasteiger partial charge in [0.25, 0.3) is 11.7 Å². The van der Waals surface area contributed by atoms with Crippen LogP contribution >= 0.6 is 11.5 Å². The summed E-state index contributed by atoms with van der Waals surface area (Å²) in [5.41, 5.74) is 0.306. The molecule has 18 heavy (non-hydrogen) atoms. The van der Waals surface area contributed by atoms with Gasteiger partial charge in [0.05, 0.1) is 5.69 Å². The molecule has 1 amide bonds. The predicted octanol–water partition coefficient (Wildman–Crippen LogP) is 1.09. The molecule has 8 nitrogen and oxygen atoms in total. The summed E-state index contributed by atoms with van der Waals surface area (Å²) in [5.74, 6) is -1.70. The topological polar surface area (TPSA) is 118 Å². The molecule has 0 unspecified atom stereocenters. The van der Waals surface area contributed by atoms with Crippen LogP contribution in [0.1, 0.15) is 32.6 Å². The van der Waals surface area contributed by atoms with Crippen molar-refractivity contribution in [3.63, 3.8) is 0 Å². The van der Waals surface area contributed by atoms with E-state index in [0.717, 1.165) is 11.5 Å². The van der Waals surface area contributed by atoms with Crippen molar-refractivity contribution in [1.29, 1.82) is 0 Å². The lowest BCUT2D eigenvalue weighted by Gasteiger charge is -1.99. The van der Waals surface area contributed by atoms with E-state index in [2.05, 4.69) is 24.4 Å². The van der Waals surface area contributed by atoms with Gasteiger partial charge in [0.15, 0.2) is 0 Å². The first-order chi connectivity index (χ1) is 8.49. The summed E-state index contributed by atoms with van der Waals surface area (Å²) in [7, 11) is 0. The quantitative estimate of drug-likeness (QED) is 0.855. The van der Waals surface area contributed by atoms with Gasteiger partial charge in [-0.3, -0.25) is 4.79 Å². The van der Waals surface area contributed by atoms with Crippen LogP contribution in [0.2, 0.25) is 0 Å². The van der Waals surface area contributed by atoms with Gasteiger partial charge in [-0.1, -0.05) is 5.16 Å². The minimum Gasteiger partial charge on any atom is -0.478 e. The molecule has 0 saturated heterocycles. The second kappa shape index (κ2) is 4.53. The van der Waals surface area contributed by atoms with Gasteiger partial charge in [-0.25, -0.2) is 4.79 Å². The molecule has 0 aliphatic rings. The number of carbonyl (C=O) groups is 2. The monoisotopic (exact) mass is 268 g/mol. The Morgan fingerprint density at radius 2 is 2.11 bits per heavy atom. The first-order valence-electron chi connectivity index (χ1n) is 4.80. The number of aromatic carboxylic acids is 1. The second-order valence-electron chi connectivity index (χ2n) is 3.37. The van der Waals surface area contributed by atoms with Gasteiger partial charge in [0, 0.05) is 6.92 Å². The third-order valence-corrected chi connectivity index (χ3v) is 2.89. The van der Waals surface area contributed by atoms with Gasteiger partial charge >= 0.3 is 5.97 Å². The first-order valence-corrected chi connectivity index (χ1v) is 5.57. The van der Waals surface area contributed by atoms with Crippen LogP contribution < -0.4 is 5.32 Å². The summed E-state index contributed by atoms with van der Waals surface area (Å²) in [6.45, 7) is 3.09. The van der Waals surface area contributed by atoms with E-state index in [1.54, 1.807) is 13.8 Å². The molecule has 0 aliphatic heterocycles. The van der Waals surface area contributed by atoms with Crippen LogP contribution in [0.5, 0.6) is 0 Å². The minimum absolute atomic E-state index is 0.0337. The highest BCUT2D eigenvalue weighted by Crippen LogP contribution is 2.24. The Bertz CT molecular complexity index is 618. The largest absolute Gasteiger partial charge is 0.478 e. The summed E-state index contributed by atoms with van der Waals surface area (Å²) in [6, 6.07) is 0. The van der Waals surface area contributed by atoms with E-state index in [-0.39, 0.29) is 22.3 Å². The van der Waals surface area contributed by atoms with Crippen molar-refractivity contribution in [2.75, 3.05) is 5.32 Å². The normalized spacial score (nSPS) is 10.3. The van der Waals surface area contributed by atoms with E-state index >= 15 is 0 Å². The maximum atomic E-state index is 11.7. The summed E-state index contributed by atoms with van der Waals surface area (Å²) in [5, 5.41) is 15.0. The Hall–Kier alpha value is -2.29. The molecule has 0 spiro atoms. The Balaban J connectivity index is 2.25. The van der Waals surface area contributed by atoms with Crippen molar-refractivity contribution in [3.8, 4) is 0 Å². The molecule has 2 aromatic heterocycles. The van der Waals surface area contributed by atoms with Gasteiger partial charge in [0.2, 0.25) is 5.89 Å². The van der Waals surface area contributed by atoms with Crippen LogP contribution in [0.25, 0.3) is 0 Å². The van der Waals surface area contributed by atoms with Crippen LogP contribution in [-0.4, -0.2) is 31.5 Å². The van der Waals surface area contributed by atoms with Crippen LogP contribution in [0.3, 0.4) is 0 Å². The number of rotatable bonds is 3. The fraction of sp³-hybridized carbons (Fsp3) is 0.222. The number of hydrogen-bond acceptors (Lipinski definition) is 7. The maximum absolute atomic E-state index is 11.7. The van der Waals surface area contributed by atoms with Crippen molar-refractivity contribution < 1.29 is 19.2 Å². The summed E-state index contributed by atoms with van der Waals surface area (Å²) in [4.78, 5) is 26.4. The van der Waals surface area contributed by atoms with E-state index in [9.17, 15) is 9.59 Å². The zero-order valence-corrected chi connectivity index (χ0v) is 10.2. The molecule has 0 fully saturated rings. The molecule has 0 radical (unpaired) electrons.